The van der Waals surface area contributed by atoms with Crippen LogP contribution in [0.3, 0.4) is 0 Å². The Hall–Kier alpha value is -2.85. The quantitative estimate of drug-likeness (QED) is 0.0518. The average Bonchev–Trinajstić information content (AvgIpc) is 3.78. The van der Waals surface area contributed by atoms with Crippen LogP contribution in [0.1, 0.15) is 5.71 Å². The molecule has 0 radical (unpaired) electrons. The van der Waals surface area contributed by atoms with Gasteiger partial charge in [-0.2, -0.15) is 33.7 Å². The molecule has 0 fully saturated rings. The molecule has 8 N–H and O–H groups in total. The van der Waals surface area contributed by atoms with Crippen molar-refractivity contribution in [3.05, 3.63) is 84.9 Å². The molecule has 8 rings (SSSR count). The van der Waals surface area contributed by atoms with Crippen molar-refractivity contribution in [2.45, 2.75) is 19.6 Å². The van der Waals surface area contributed by atoms with Crippen molar-refractivity contribution in [3.8, 4) is 22.9 Å². The first-order chi connectivity index (χ1) is 28.0. The van der Waals surface area contributed by atoms with Crippen LogP contribution >= 0.6 is 0 Å². The fraction of sp³-hybridized carbons (Fsp3) is 0. The van der Waals surface area contributed by atoms with Gasteiger partial charge in [0.25, 0.3) is 40.5 Å². The molecule has 2 amide bonds. The summed E-state index contributed by atoms with van der Waals surface area (Å²) in [5.74, 6) is -1.20. The van der Waals surface area contributed by atoms with Gasteiger partial charge >= 0.3 is 124 Å². The number of benzene rings is 6. The second-order valence-corrected chi connectivity index (χ2v) is 18.4. The Kier molecular flexibility index (Phi) is 16.3. The summed E-state index contributed by atoms with van der Waals surface area (Å²) in [5.41, 5.74) is -0.965. The molecule has 0 unspecified atom stereocenters. The molecule has 0 aliphatic carbocycles. The molecule has 0 saturated carbocycles. The molecule has 316 valence electrons. The largest absolute Gasteiger partial charge is 1.00 e. The van der Waals surface area contributed by atoms with Crippen molar-refractivity contribution in [2.75, 3.05) is 10.6 Å². The molecule has 0 aliphatic rings. The standard InChI is InChI=1S/C33H22N8O15S4.4Na.4H/c42-25-13-19(57(45,46)47)9-15-1-5-21-31(29(15)25)38-40(36-21)23-7-3-17(11-27(23)59(51,52)53)34-33(44)35-18-4-8-24(28(12-18)60(54,55)56)41-37-22-6-2-16-10-20(58(48,49)50)14-26(43)30(16)32(22)39-41;;;;;;;;/h1-14,42-43H,(H2,34,35,44)(H,45,46,47)(H,48,49,50)(H,51,52,53)(H,54,55,56);;;;;;;;/q;4*+1;4*-1. The van der Waals surface area contributed by atoms with Crippen molar-refractivity contribution < 1.29 is 191 Å². The zero-order valence-electron chi connectivity index (χ0n) is 37.3. The number of amides is 2. The molecule has 8 aromatic rings. The normalized spacial score (nSPS) is 11.9. The molecule has 2 aromatic heterocycles. The van der Waals surface area contributed by atoms with Crippen LogP contribution in [-0.2, 0) is 40.5 Å². The summed E-state index contributed by atoms with van der Waals surface area (Å²) in [7, 11) is -19.5. The summed E-state index contributed by atoms with van der Waals surface area (Å²) >= 11 is 0. The van der Waals surface area contributed by atoms with Crippen molar-refractivity contribution >= 4 is 101 Å². The van der Waals surface area contributed by atoms with Gasteiger partial charge in [-0.25, -0.2) is 4.79 Å². The summed E-state index contributed by atoms with van der Waals surface area (Å²) in [6, 6.07) is 14.4. The van der Waals surface area contributed by atoms with E-state index in [0.29, 0.717) is 0 Å². The van der Waals surface area contributed by atoms with E-state index in [1.54, 1.807) is 0 Å². The Bertz CT molecular complexity index is 3470. The topological polar surface area (TPSA) is 360 Å². The van der Waals surface area contributed by atoms with Crippen LogP contribution in [0, 0.1) is 0 Å². The number of aromatic hydroxyl groups is 2. The molecule has 2 heterocycles. The Morgan fingerprint density at radius 2 is 0.844 bits per heavy atom. The maximum atomic E-state index is 13.1. The fourth-order valence-electron chi connectivity index (χ4n) is 6.31. The van der Waals surface area contributed by atoms with Crippen molar-refractivity contribution in [3.63, 3.8) is 0 Å². The number of nitrogens with one attached hydrogen (secondary N) is 2. The minimum Gasteiger partial charge on any atom is -1.00 e. The first-order valence-corrected chi connectivity index (χ1v) is 22.0. The number of carbonyl (C=O) groups excluding carboxylic acids is 1. The van der Waals surface area contributed by atoms with Crippen LogP contribution in [-0.4, -0.2) is 98.1 Å². The van der Waals surface area contributed by atoms with E-state index in [0.717, 1.165) is 58.1 Å². The SMILES string of the molecule is O=C(Nc1ccc(-n2nc3ccc4cc(S(=O)(=O)O)cc(O)c4c3n2)c(S(=O)(=O)O)c1)Nc1ccc(-n2nc3ccc4cc(S(=O)(=O)O)cc(O)c4c3n2)c(S(=O)(=O)O)c1.[H-].[H-].[H-].[H-].[Na+].[Na+].[Na+].[Na+]. The maximum Gasteiger partial charge on any atom is 1.00 e. The molecule has 6 aromatic carbocycles. The molecule has 0 saturated heterocycles. The molecular weight excluding hydrogens is 969 g/mol. The van der Waals surface area contributed by atoms with Gasteiger partial charge in [-0.15, -0.1) is 30.0 Å². The van der Waals surface area contributed by atoms with Gasteiger partial charge in [0.2, 0.25) is 0 Å². The minimum atomic E-state index is -5.07. The molecular formula is C33H26N8Na4O15S4. The second-order valence-electron chi connectivity index (χ2n) is 12.8. The zero-order chi connectivity index (χ0) is 43.3. The zero-order valence-corrected chi connectivity index (χ0v) is 44.5. The van der Waals surface area contributed by atoms with Gasteiger partial charge in [0.05, 0.1) is 20.6 Å². The maximum absolute atomic E-state index is 13.1. The van der Waals surface area contributed by atoms with E-state index in [1.807, 2.05) is 0 Å². The summed E-state index contributed by atoms with van der Waals surface area (Å²) < 4.78 is 136. The molecule has 0 bridgehead atoms. The smallest absolute Gasteiger partial charge is 1.00 e. The van der Waals surface area contributed by atoms with Gasteiger partial charge in [-0.3, -0.25) is 18.2 Å². The van der Waals surface area contributed by atoms with Gasteiger partial charge in [-0.1, -0.05) is 12.1 Å². The van der Waals surface area contributed by atoms with E-state index in [2.05, 4.69) is 31.0 Å². The predicted molar refractivity (Wildman–Crippen MR) is 212 cm³/mol. The van der Waals surface area contributed by atoms with Gasteiger partial charge in [0.1, 0.15) is 54.7 Å². The Morgan fingerprint density at radius 1 is 0.484 bits per heavy atom. The number of hydrogen-bond donors (Lipinski definition) is 8. The van der Waals surface area contributed by atoms with Crippen LogP contribution in [0.5, 0.6) is 11.5 Å². The summed E-state index contributed by atoms with van der Waals surface area (Å²) in [5, 5.41) is 42.9. The number of aromatic nitrogens is 6. The number of nitrogens with zero attached hydrogens (tertiary/aromatic N) is 6. The number of urea groups is 1. The summed E-state index contributed by atoms with van der Waals surface area (Å²) in [6.45, 7) is 0. The van der Waals surface area contributed by atoms with Gasteiger partial charge in [0.15, 0.2) is 0 Å². The summed E-state index contributed by atoms with van der Waals surface area (Å²) in [6.07, 6.45) is 0. The Labute approximate surface area is 454 Å². The van der Waals surface area contributed by atoms with Crippen LogP contribution < -0.4 is 129 Å². The number of phenols is 2. The van der Waals surface area contributed by atoms with E-state index < -0.39 is 77.6 Å². The van der Waals surface area contributed by atoms with Crippen molar-refractivity contribution in [1.29, 1.82) is 0 Å². The van der Waals surface area contributed by atoms with E-state index in [9.17, 15) is 66.9 Å². The van der Waals surface area contributed by atoms with Crippen LogP contribution in [0.4, 0.5) is 16.2 Å². The molecule has 64 heavy (non-hydrogen) atoms. The third-order valence-electron chi connectivity index (χ3n) is 8.86. The number of fused-ring (bicyclic) bond motifs is 6. The van der Waals surface area contributed by atoms with Crippen LogP contribution in [0.25, 0.3) is 55.0 Å². The number of anilines is 2. The third kappa shape index (κ3) is 10.6. The first-order valence-electron chi connectivity index (χ1n) is 16.3. The van der Waals surface area contributed by atoms with Gasteiger partial charge in [0, 0.05) is 23.5 Å². The van der Waals surface area contributed by atoms with Crippen LogP contribution in [0.15, 0.2) is 105 Å². The molecule has 31 heteroatoms. The predicted octanol–water partition coefficient (Wildman–Crippen LogP) is -8.03. The molecule has 0 atom stereocenters. The van der Waals surface area contributed by atoms with E-state index in [4.69, 9.17) is 0 Å². The van der Waals surface area contributed by atoms with Crippen molar-refractivity contribution in [1.82, 2.24) is 30.0 Å². The number of hydrogen-bond acceptors (Lipinski definition) is 15. The first kappa shape index (κ1) is 53.8. The minimum absolute atomic E-state index is 0. The Morgan fingerprint density at radius 3 is 1.17 bits per heavy atom. The number of phenolic OH excluding ortho intramolecular Hbond substituents is 2. The number of carbonyl (C=O) groups is 1. The Balaban J connectivity index is 0.00000561. The number of rotatable bonds is 8. The monoisotopic (exact) mass is 994 g/mol. The van der Waals surface area contributed by atoms with E-state index in [-0.39, 0.29) is 190 Å². The summed E-state index contributed by atoms with van der Waals surface area (Å²) in [4.78, 5) is 11.9. The second kappa shape index (κ2) is 19.4. The molecule has 23 nitrogen and oxygen atoms in total. The molecule has 0 spiro atoms. The fourth-order valence-corrected chi connectivity index (χ4v) is 8.76. The van der Waals surface area contributed by atoms with Crippen LogP contribution in [0.2, 0.25) is 0 Å². The molecule has 0 aliphatic heterocycles. The van der Waals surface area contributed by atoms with Gasteiger partial charge < -0.3 is 26.6 Å². The van der Waals surface area contributed by atoms with Crippen molar-refractivity contribution in [2.24, 2.45) is 0 Å². The van der Waals surface area contributed by atoms with E-state index in [1.165, 1.54) is 36.4 Å². The van der Waals surface area contributed by atoms with E-state index >= 15 is 0 Å². The average molecular weight is 995 g/mol. The van der Waals surface area contributed by atoms with Gasteiger partial charge in [-0.05, 0) is 71.4 Å². The third-order valence-corrected chi connectivity index (χ3v) is 12.3.